The average molecular weight is 867 g/mol. The van der Waals surface area contributed by atoms with Gasteiger partial charge in [-0.1, -0.05) is 48.0 Å². The molecule has 0 radical (unpaired) electrons. The standard InChI is InChI=1S/C45H52ClN8O6P/c1-60-39-25-32(12-11-29(39)24-41-48-26-35(46)37(49-41)23-30-7-4-5-10-40(30)61(2,3)59)51-17-15-31(16-18-51)52-19-21-53(22-20-52)43(56)27-47-36-9-6-8-33-34(36)28-54(45(33)58)38-13-14-42(55)50-44(38)57/h4-12,25-26,31,38,47H,13-24,27-28H2,1-3H3,(H,50,55,57). The minimum Gasteiger partial charge on any atom is -0.496 e. The van der Waals surface area contributed by atoms with Crippen LogP contribution in [0.2, 0.25) is 5.02 Å². The van der Waals surface area contributed by atoms with Gasteiger partial charge in [0.25, 0.3) is 5.91 Å². The molecule has 1 unspecified atom stereocenters. The summed E-state index contributed by atoms with van der Waals surface area (Å²) in [4.78, 5) is 68.5. The summed E-state index contributed by atoms with van der Waals surface area (Å²) in [7, 11) is -0.800. The van der Waals surface area contributed by atoms with Crippen LogP contribution in [0.5, 0.6) is 5.75 Å². The van der Waals surface area contributed by atoms with Crippen molar-refractivity contribution in [2.24, 2.45) is 0 Å². The van der Waals surface area contributed by atoms with Crippen LogP contribution >= 0.6 is 18.7 Å². The highest BCUT2D eigenvalue weighted by Gasteiger charge is 2.40. The zero-order valence-electron chi connectivity index (χ0n) is 34.9. The van der Waals surface area contributed by atoms with E-state index in [-0.39, 0.29) is 37.2 Å². The number of aromatic nitrogens is 2. The Kier molecular flexibility index (Phi) is 12.5. The van der Waals surface area contributed by atoms with Gasteiger partial charge in [-0.25, -0.2) is 9.97 Å². The normalized spacial score (nSPS) is 18.9. The van der Waals surface area contributed by atoms with Crippen LogP contribution in [-0.2, 0) is 38.3 Å². The molecule has 3 saturated heterocycles. The number of rotatable bonds is 12. The van der Waals surface area contributed by atoms with Gasteiger partial charge in [0.1, 0.15) is 24.8 Å². The van der Waals surface area contributed by atoms with Crippen molar-refractivity contribution in [1.82, 2.24) is 30.0 Å². The summed E-state index contributed by atoms with van der Waals surface area (Å²) < 4.78 is 18.8. The van der Waals surface area contributed by atoms with E-state index in [0.717, 1.165) is 72.5 Å². The molecule has 0 saturated carbocycles. The number of hydrogen-bond donors (Lipinski definition) is 2. The maximum atomic E-state index is 13.4. The molecule has 3 fully saturated rings. The third-order valence-corrected chi connectivity index (χ3v) is 14.4. The molecule has 4 amide bonds. The number of amides is 4. The smallest absolute Gasteiger partial charge is 0.255 e. The molecule has 8 rings (SSSR count). The number of anilines is 2. The fraction of sp³-hybridized carbons (Fsp3) is 0.422. The molecule has 0 spiro atoms. The van der Waals surface area contributed by atoms with E-state index < -0.39 is 19.1 Å². The van der Waals surface area contributed by atoms with Crippen LogP contribution in [0.15, 0.2) is 66.9 Å². The lowest BCUT2D eigenvalue weighted by Gasteiger charge is -2.43. The topological polar surface area (TPSA) is 157 Å². The van der Waals surface area contributed by atoms with Crippen molar-refractivity contribution < 1.29 is 28.5 Å². The van der Waals surface area contributed by atoms with Gasteiger partial charge in [0.05, 0.1) is 24.4 Å². The number of piperidine rings is 2. The first-order valence-electron chi connectivity index (χ1n) is 20.9. The Morgan fingerprint density at radius 3 is 2.44 bits per heavy atom. The van der Waals surface area contributed by atoms with E-state index in [0.29, 0.717) is 66.2 Å². The number of fused-ring (bicyclic) bond motifs is 1. The number of nitrogens with zero attached hydrogens (tertiary/aromatic N) is 6. The second kappa shape index (κ2) is 18.0. The van der Waals surface area contributed by atoms with Crippen molar-refractivity contribution in [2.75, 3.05) is 76.5 Å². The molecule has 320 valence electrons. The number of halogens is 1. The van der Waals surface area contributed by atoms with E-state index in [9.17, 15) is 23.7 Å². The highest BCUT2D eigenvalue weighted by molar-refractivity contribution is 7.70. The van der Waals surface area contributed by atoms with Gasteiger partial charge >= 0.3 is 0 Å². The average Bonchev–Trinajstić information content (AvgIpc) is 3.60. The number of carbonyl (C=O) groups is 4. The van der Waals surface area contributed by atoms with Crippen molar-refractivity contribution in [2.45, 2.75) is 57.2 Å². The lowest BCUT2D eigenvalue weighted by atomic mass is 10.0. The molecule has 0 aliphatic carbocycles. The fourth-order valence-electron chi connectivity index (χ4n) is 9.12. The van der Waals surface area contributed by atoms with Crippen molar-refractivity contribution in [3.05, 3.63) is 106 Å². The van der Waals surface area contributed by atoms with Gasteiger partial charge in [-0.05, 0) is 56.4 Å². The van der Waals surface area contributed by atoms with Gasteiger partial charge < -0.3 is 29.3 Å². The first-order chi connectivity index (χ1) is 29.4. The number of ether oxygens (including phenoxy) is 1. The minimum atomic E-state index is -2.48. The molecule has 2 N–H and O–H groups in total. The van der Waals surface area contributed by atoms with Crippen LogP contribution in [0.1, 0.15) is 64.2 Å². The molecule has 4 aromatic rings. The SMILES string of the molecule is COc1cc(N2CCC(N3CCN(C(=O)CNc4cccc5c4CN(C4CCC(=O)NC4=O)C5=O)CC3)CC2)ccc1Cc1ncc(Cl)c(Cc2ccccc2P(C)(C)=O)n1. The summed E-state index contributed by atoms with van der Waals surface area (Å²) in [6.45, 7) is 8.66. The first-order valence-corrected chi connectivity index (χ1v) is 23.9. The summed E-state index contributed by atoms with van der Waals surface area (Å²) in [5, 5.41) is 6.92. The number of carbonyl (C=O) groups excluding carboxylic acids is 4. The second-order valence-electron chi connectivity index (χ2n) is 16.6. The molecule has 5 heterocycles. The Labute approximate surface area is 361 Å². The number of methoxy groups -OCH3 is 1. The molecule has 61 heavy (non-hydrogen) atoms. The van der Waals surface area contributed by atoms with Crippen molar-refractivity contribution in [3.63, 3.8) is 0 Å². The van der Waals surface area contributed by atoms with Gasteiger partial charge in [0.15, 0.2) is 0 Å². The Hall–Kier alpha value is -5.30. The molecule has 4 aliphatic heterocycles. The number of benzene rings is 3. The Bertz CT molecular complexity index is 2390. The predicted octanol–water partition coefficient (Wildman–Crippen LogP) is 4.55. The second-order valence-corrected chi connectivity index (χ2v) is 20.2. The van der Waals surface area contributed by atoms with Crippen LogP contribution in [0.25, 0.3) is 0 Å². The Morgan fingerprint density at radius 1 is 0.934 bits per heavy atom. The Balaban J connectivity index is 0.813. The Morgan fingerprint density at radius 2 is 1.70 bits per heavy atom. The molecular formula is C45H52ClN8O6P. The summed E-state index contributed by atoms with van der Waals surface area (Å²) in [5.41, 5.74) is 5.71. The van der Waals surface area contributed by atoms with Crippen LogP contribution in [0.3, 0.4) is 0 Å². The number of imide groups is 1. The largest absolute Gasteiger partial charge is 0.496 e. The zero-order valence-corrected chi connectivity index (χ0v) is 36.5. The zero-order chi connectivity index (χ0) is 42.8. The highest BCUT2D eigenvalue weighted by Crippen LogP contribution is 2.37. The van der Waals surface area contributed by atoms with E-state index in [1.165, 1.54) is 4.90 Å². The number of piperazine rings is 1. The maximum absolute atomic E-state index is 13.4. The van der Waals surface area contributed by atoms with E-state index in [2.05, 4.69) is 43.6 Å². The lowest BCUT2D eigenvalue weighted by molar-refractivity contribution is -0.137. The molecule has 1 aromatic heterocycles. The van der Waals surface area contributed by atoms with Gasteiger partial charge in [0, 0.05) is 117 Å². The first kappa shape index (κ1) is 42.4. The third kappa shape index (κ3) is 9.32. The van der Waals surface area contributed by atoms with E-state index in [1.807, 2.05) is 35.2 Å². The summed E-state index contributed by atoms with van der Waals surface area (Å²) in [6, 6.07) is 19.2. The maximum Gasteiger partial charge on any atom is 0.255 e. The highest BCUT2D eigenvalue weighted by atomic mass is 35.5. The number of nitrogens with one attached hydrogen (secondary N) is 2. The van der Waals surface area contributed by atoms with Crippen LogP contribution < -0.4 is 25.6 Å². The summed E-state index contributed by atoms with van der Waals surface area (Å²) in [5.74, 6) is 0.409. The molecular weight excluding hydrogens is 815 g/mol. The molecule has 16 heteroatoms. The molecule has 14 nitrogen and oxygen atoms in total. The van der Waals surface area contributed by atoms with E-state index >= 15 is 0 Å². The fourth-order valence-corrected chi connectivity index (χ4v) is 10.6. The molecule has 1 atom stereocenters. The van der Waals surface area contributed by atoms with Crippen molar-refractivity contribution in [1.29, 1.82) is 0 Å². The monoisotopic (exact) mass is 866 g/mol. The van der Waals surface area contributed by atoms with Crippen LogP contribution in [0.4, 0.5) is 11.4 Å². The summed E-state index contributed by atoms with van der Waals surface area (Å²) in [6.07, 6.45) is 5.11. The molecule has 4 aliphatic rings. The quantitative estimate of drug-likeness (QED) is 0.152. The third-order valence-electron chi connectivity index (χ3n) is 12.4. The van der Waals surface area contributed by atoms with Crippen LogP contribution in [-0.4, -0.2) is 127 Å². The summed E-state index contributed by atoms with van der Waals surface area (Å²) >= 11 is 6.57. The minimum absolute atomic E-state index is 0.00527. The van der Waals surface area contributed by atoms with Gasteiger partial charge in [-0.3, -0.25) is 29.4 Å². The van der Waals surface area contributed by atoms with Crippen molar-refractivity contribution >= 4 is 59.1 Å². The van der Waals surface area contributed by atoms with Gasteiger partial charge in [-0.2, -0.15) is 0 Å². The lowest BCUT2D eigenvalue weighted by Crippen LogP contribution is -2.55. The molecule has 0 bridgehead atoms. The van der Waals surface area contributed by atoms with Crippen molar-refractivity contribution in [3.8, 4) is 5.75 Å². The van der Waals surface area contributed by atoms with Gasteiger partial charge in [0.2, 0.25) is 17.7 Å². The van der Waals surface area contributed by atoms with E-state index in [4.69, 9.17) is 21.3 Å². The predicted molar refractivity (Wildman–Crippen MR) is 236 cm³/mol. The number of hydrogen-bond acceptors (Lipinski definition) is 11. The molecule has 3 aromatic carbocycles. The van der Waals surface area contributed by atoms with Gasteiger partial charge in [-0.15, -0.1) is 0 Å². The van der Waals surface area contributed by atoms with E-state index in [1.54, 1.807) is 38.8 Å². The van der Waals surface area contributed by atoms with Crippen LogP contribution in [0, 0.1) is 0 Å².